The van der Waals surface area contributed by atoms with Gasteiger partial charge in [-0.25, -0.2) is 0 Å². The molecule has 3 heteroatoms. The summed E-state index contributed by atoms with van der Waals surface area (Å²) in [4.78, 5) is 0. The molecule has 16 heavy (non-hydrogen) atoms. The smallest absolute Gasteiger partial charge is 0.274 e. The van der Waals surface area contributed by atoms with Gasteiger partial charge in [-0.05, 0) is 24.1 Å². The SMILES string of the molecule is C[Si](C)Oc1c(CBr)cccc1C(C)(C)C. The minimum Gasteiger partial charge on any atom is -0.542 e. The van der Waals surface area contributed by atoms with E-state index in [-0.39, 0.29) is 5.41 Å². The van der Waals surface area contributed by atoms with Gasteiger partial charge >= 0.3 is 0 Å². The molecule has 0 N–H and O–H groups in total. The van der Waals surface area contributed by atoms with Gasteiger partial charge < -0.3 is 4.43 Å². The Kier molecular flexibility index (Phi) is 4.62. The van der Waals surface area contributed by atoms with E-state index in [0.29, 0.717) is 0 Å². The number of rotatable bonds is 3. The van der Waals surface area contributed by atoms with E-state index in [1.54, 1.807) is 0 Å². The van der Waals surface area contributed by atoms with E-state index in [1.165, 1.54) is 11.1 Å². The molecule has 1 aromatic rings. The Morgan fingerprint density at radius 1 is 1.25 bits per heavy atom. The zero-order valence-corrected chi connectivity index (χ0v) is 13.3. The molecule has 0 fully saturated rings. The van der Waals surface area contributed by atoms with Crippen LogP contribution >= 0.6 is 15.9 Å². The molecular weight excluding hydrogens is 280 g/mol. The molecule has 1 aromatic carbocycles. The second-order valence-electron chi connectivity index (χ2n) is 5.19. The van der Waals surface area contributed by atoms with E-state index >= 15 is 0 Å². The van der Waals surface area contributed by atoms with Crippen molar-refractivity contribution < 1.29 is 4.43 Å². The van der Waals surface area contributed by atoms with Crippen molar-refractivity contribution in [3.8, 4) is 5.75 Å². The third-order valence-electron chi connectivity index (χ3n) is 2.35. The molecule has 0 heterocycles. The molecule has 0 amide bonds. The minimum absolute atomic E-state index is 0.130. The van der Waals surface area contributed by atoms with Crippen molar-refractivity contribution in [1.29, 1.82) is 0 Å². The van der Waals surface area contributed by atoms with E-state index < -0.39 is 9.04 Å². The first kappa shape index (κ1) is 13.8. The molecule has 0 atom stereocenters. The Morgan fingerprint density at radius 2 is 1.88 bits per heavy atom. The second-order valence-corrected chi connectivity index (χ2v) is 7.77. The van der Waals surface area contributed by atoms with Gasteiger partial charge in [-0.3, -0.25) is 0 Å². The van der Waals surface area contributed by atoms with E-state index in [2.05, 4.69) is 68.0 Å². The van der Waals surface area contributed by atoms with Gasteiger partial charge in [-0.2, -0.15) is 0 Å². The fraction of sp³-hybridized carbons (Fsp3) is 0.538. The van der Waals surface area contributed by atoms with Crippen LogP contribution in [0, 0.1) is 0 Å². The van der Waals surface area contributed by atoms with Crippen LogP contribution in [0.3, 0.4) is 0 Å². The Bertz CT molecular complexity index is 355. The summed E-state index contributed by atoms with van der Waals surface area (Å²) in [7, 11) is -0.721. The fourth-order valence-corrected chi connectivity index (χ4v) is 2.70. The molecule has 0 unspecified atom stereocenters. The maximum atomic E-state index is 6.07. The first-order chi connectivity index (χ1) is 7.36. The van der Waals surface area contributed by atoms with Gasteiger partial charge in [0.25, 0.3) is 9.04 Å². The van der Waals surface area contributed by atoms with Crippen LogP contribution < -0.4 is 4.43 Å². The molecule has 0 aliphatic heterocycles. The molecule has 0 spiro atoms. The average Bonchev–Trinajstić information content (AvgIpc) is 2.15. The van der Waals surface area contributed by atoms with Gasteiger partial charge in [-0.1, -0.05) is 54.9 Å². The summed E-state index contributed by atoms with van der Waals surface area (Å²) in [6, 6.07) is 6.41. The highest BCUT2D eigenvalue weighted by atomic mass is 79.9. The fourth-order valence-electron chi connectivity index (χ4n) is 1.61. The van der Waals surface area contributed by atoms with Gasteiger partial charge in [0.1, 0.15) is 5.75 Å². The second kappa shape index (κ2) is 5.37. The molecule has 0 aromatic heterocycles. The predicted octanol–water partition coefficient (Wildman–Crippen LogP) is 4.51. The molecule has 89 valence electrons. The van der Waals surface area contributed by atoms with E-state index in [1.807, 2.05) is 0 Å². The highest BCUT2D eigenvalue weighted by Gasteiger charge is 2.21. The van der Waals surface area contributed by atoms with Crippen molar-refractivity contribution in [3.05, 3.63) is 29.3 Å². The molecule has 1 radical (unpaired) electrons. The molecule has 1 nitrogen and oxygen atoms in total. The molecule has 0 bridgehead atoms. The lowest BCUT2D eigenvalue weighted by Gasteiger charge is -2.25. The van der Waals surface area contributed by atoms with Crippen LogP contribution in [-0.4, -0.2) is 9.04 Å². The van der Waals surface area contributed by atoms with Crippen LogP contribution in [-0.2, 0) is 10.7 Å². The minimum atomic E-state index is -0.721. The van der Waals surface area contributed by atoms with Crippen molar-refractivity contribution in [2.45, 2.75) is 44.6 Å². The molecular formula is C13H20BrOSi. The summed E-state index contributed by atoms with van der Waals surface area (Å²) in [5, 5.41) is 0.849. The first-order valence-electron chi connectivity index (χ1n) is 5.52. The summed E-state index contributed by atoms with van der Waals surface area (Å²) in [5.41, 5.74) is 2.68. The number of para-hydroxylation sites is 1. The Hall–Kier alpha value is -0.283. The maximum absolute atomic E-state index is 6.07. The zero-order valence-electron chi connectivity index (χ0n) is 10.7. The van der Waals surface area contributed by atoms with Crippen molar-refractivity contribution in [1.82, 2.24) is 0 Å². The number of benzene rings is 1. The third kappa shape index (κ3) is 3.35. The zero-order chi connectivity index (χ0) is 12.3. The average molecular weight is 300 g/mol. The third-order valence-corrected chi connectivity index (χ3v) is 3.57. The molecule has 1 rings (SSSR count). The molecule has 0 aliphatic rings. The monoisotopic (exact) mass is 299 g/mol. The van der Waals surface area contributed by atoms with E-state index in [0.717, 1.165) is 11.1 Å². The normalized spacial score (nSPS) is 11.9. The number of alkyl halides is 1. The standard InChI is InChI=1S/C13H20BrOSi/c1-13(2,3)11-8-6-7-10(9-14)12(11)15-16(4)5/h6-8H,9H2,1-5H3. The van der Waals surface area contributed by atoms with Gasteiger partial charge in [-0.15, -0.1) is 0 Å². The van der Waals surface area contributed by atoms with Crippen molar-refractivity contribution in [3.63, 3.8) is 0 Å². The lowest BCUT2D eigenvalue weighted by molar-refractivity contribution is 0.517. The predicted molar refractivity (Wildman–Crippen MR) is 75.9 cm³/mol. The topological polar surface area (TPSA) is 9.23 Å². The van der Waals surface area contributed by atoms with Crippen LogP contribution in [0.4, 0.5) is 0 Å². The molecule has 0 aliphatic carbocycles. The molecule has 0 saturated carbocycles. The van der Waals surface area contributed by atoms with Gasteiger partial charge in [0.05, 0.1) is 0 Å². The number of hydrogen-bond donors (Lipinski definition) is 0. The quantitative estimate of drug-likeness (QED) is 0.589. The summed E-state index contributed by atoms with van der Waals surface area (Å²) >= 11 is 3.53. The summed E-state index contributed by atoms with van der Waals surface area (Å²) < 4.78 is 6.07. The van der Waals surface area contributed by atoms with E-state index in [9.17, 15) is 0 Å². The molecule has 0 saturated heterocycles. The Labute approximate surface area is 109 Å². The van der Waals surface area contributed by atoms with Gasteiger partial charge in [0.2, 0.25) is 0 Å². The van der Waals surface area contributed by atoms with Crippen LogP contribution in [0.1, 0.15) is 31.9 Å². The van der Waals surface area contributed by atoms with Crippen molar-refractivity contribution in [2.24, 2.45) is 0 Å². The van der Waals surface area contributed by atoms with Crippen LogP contribution in [0.2, 0.25) is 13.1 Å². The lowest BCUT2D eigenvalue weighted by Crippen LogP contribution is -2.19. The number of hydrogen-bond acceptors (Lipinski definition) is 1. The van der Waals surface area contributed by atoms with Crippen LogP contribution in [0.15, 0.2) is 18.2 Å². The van der Waals surface area contributed by atoms with Crippen molar-refractivity contribution >= 4 is 25.0 Å². The van der Waals surface area contributed by atoms with Gasteiger partial charge in [0, 0.05) is 10.9 Å². The summed E-state index contributed by atoms with van der Waals surface area (Å²) in [6.45, 7) is 11.0. The summed E-state index contributed by atoms with van der Waals surface area (Å²) in [6.07, 6.45) is 0. The van der Waals surface area contributed by atoms with Crippen LogP contribution in [0.25, 0.3) is 0 Å². The Morgan fingerprint density at radius 3 is 2.31 bits per heavy atom. The summed E-state index contributed by atoms with van der Waals surface area (Å²) in [5.74, 6) is 1.09. The lowest BCUT2D eigenvalue weighted by atomic mass is 9.85. The maximum Gasteiger partial charge on any atom is 0.274 e. The van der Waals surface area contributed by atoms with Gasteiger partial charge in [0.15, 0.2) is 0 Å². The highest BCUT2D eigenvalue weighted by Crippen LogP contribution is 2.35. The van der Waals surface area contributed by atoms with Crippen molar-refractivity contribution in [2.75, 3.05) is 0 Å². The highest BCUT2D eigenvalue weighted by molar-refractivity contribution is 9.08. The Balaban J connectivity index is 3.26. The first-order valence-corrected chi connectivity index (χ1v) is 9.05. The van der Waals surface area contributed by atoms with Crippen LogP contribution in [0.5, 0.6) is 5.75 Å². The largest absolute Gasteiger partial charge is 0.542 e. The van der Waals surface area contributed by atoms with E-state index in [4.69, 9.17) is 4.43 Å². The number of halogens is 1.